The molecule has 0 aliphatic carbocycles. The summed E-state index contributed by atoms with van der Waals surface area (Å²) in [5.41, 5.74) is 1.47. The van der Waals surface area contributed by atoms with Crippen molar-refractivity contribution in [2.24, 2.45) is 5.92 Å². The fraction of sp³-hybridized carbons (Fsp3) is 0.700. The molecule has 0 aliphatic heterocycles. The quantitative estimate of drug-likeness (QED) is 0.439. The van der Waals surface area contributed by atoms with Crippen molar-refractivity contribution in [3.8, 4) is 0 Å². The second kappa shape index (κ2) is 10.3. The number of ether oxygens (including phenoxy) is 1. The van der Waals surface area contributed by atoms with Gasteiger partial charge >= 0.3 is 0 Å². The van der Waals surface area contributed by atoms with Crippen molar-refractivity contribution >= 4 is 11.8 Å². The van der Waals surface area contributed by atoms with E-state index in [-0.39, 0.29) is 5.60 Å². The lowest BCUT2D eigenvalue weighted by Gasteiger charge is -2.25. The van der Waals surface area contributed by atoms with Crippen LogP contribution in [0.5, 0.6) is 0 Å². The van der Waals surface area contributed by atoms with E-state index >= 15 is 0 Å². The third-order valence-corrected chi connectivity index (χ3v) is 5.27. The molecule has 0 heterocycles. The van der Waals surface area contributed by atoms with Crippen LogP contribution in [0.1, 0.15) is 65.9 Å². The summed E-state index contributed by atoms with van der Waals surface area (Å²) in [7, 11) is 0. The molecule has 0 radical (unpaired) electrons. The summed E-state index contributed by atoms with van der Waals surface area (Å²) >= 11 is 1.99. The largest absolute Gasteiger partial charge is 0.376 e. The Morgan fingerprint density at radius 3 is 2.36 bits per heavy atom. The van der Waals surface area contributed by atoms with E-state index in [1.54, 1.807) is 0 Å². The van der Waals surface area contributed by atoms with Gasteiger partial charge in [0.2, 0.25) is 0 Å². The molecule has 0 spiro atoms. The molecule has 1 aromatic rings. The Balaban J connectivity index is 2.16. The Labute approximate surface area is 142 Å². The van der Waals surface area contributed by atoms with Crippen LogP contribution < -0.4 is 0 Å². The van der Waals surface area contributed by atoms with Gasteiger partial charge in [0.1, 0.15) is 0 Å². The van der Waals surface area contributed by atoms with E-state index in [4.69, 9.17) is 4.74 Å². The van der Waals surface area contributed by atoms with Gasteiger partial charge in [0, 0.05) is 11.5 Å². The van der Waals surface area contributed by atoms with Crippen molar-refractivity contribution in [3.05, 3.63) is 29.8 Å². The first-order valence-corrected chi connectivity index (χ1v) is 9.81. The maximum Gasteiger partial charge on any atom is 0.0626 e. The van der Waals surface area contributed by atoms with Gasteiger partial charge < -0.3 is 4.74 Å². The van der Waals surface area contributed by atoms with Gasteiger partial charge in [0.25, 0.3) is 0 Å². The zero-order valence-corrected chi connectivity index (χ0v) is 16.0. The minimum absolute atomic E-state index is 0.0459. The van der Waals surface area contributed by atoms with Crippen LogP contribution in [0.25, 0.3) is 0 Å². The molecule has 126 valence electrons. The molecule has 0 aromatic heterocycles. The van der Waals surface area contributed by atoms with Gasteiger partial charge in [-0.25, -0.2) is 0 Å². The van der Waals surface area contributed by atoms with Gasteiger partial charge in [0.15, 0.2) is 0 Å². The number of hydrogen-bond acceptors (Lipinski definition) is 2. The van der Waals surface area contributed by atoms with E-state index in [1.807, 2.05) is 11.8 Å². The molecule has 0 fully saturated rings. The zero-order chi connectivity index (χ0) is 16.4. The third kappa shape index (κ3) is 8.24. The number of thioether (sulfide) groups is 1. The van der Waals surface area contributed by atoms with E-state index < -0.39 is 0 Å². The Bertz CT molecular complexity index is 397. The molecule has 0 bridgehead atoms. The maximum absolute atomic E-state index is 5.76. The average Bonchev–Trinajstić information content (AvgIpc) is 2.47. The van der Waals surface area contributed by atoms with Gasteiger partial charge in [-0.05, 0) is 69.4 Å². The Morgan fingerprint density at radius 1 is 1.09 bits per heavy atom. The van der Waals surface area contributed by atoms with Crippen LogP contribution in [-0.4, -0.2) is 18.0 Å². The summed E-state index contributed by atoms with van der Waals surface area (Å²) in [4.78, 5) is 1.40. The summed E-state index contributed by atoms with van der Waals surface area (Å²) in [5.74, 6) is 2.03. The van der Waals surface area contributed by atoms with Gasteiger partial charge in [-0.2, -0.15) is 0 Å². The van der Waals surface area contributed by atoms with Crippen molar-refractivity contribution in [3.63, 3.8) is 0 Å². The highest BCUT2D eigenvalue weighted by Gasteiger charge is 2.17. The molecule has 0 saturated heterocycles. The number of aryl methyl sites for hydroxylation is 1. The molecule has 1 nitrogen and oxygen atoms in total. The molecule has 2 heteroatoms. The highest BCUT2D eigenvalue weighted by atomic mass is 32.2. The summed E-state index contributed by atoms with van der Waals surface area (Å²) < 4.78 is 5.76. The Hall–Kier alpha value is -0.470. The zero-order valence-electron chi connectivity index (χ0n) is 15.2. The fourth-order valence-corrected chi connectivity index (χ4v) is 3.77. The first kappa shape index (κ1) is 19.6. The van der Waals surface area contributed by atoms with Crippen LogP contribution in [0.3, 0.4) is 0 Å². The van der Waals surface area contributed by atoms with E-state index in [0.717, 1.165) is 25.4 Å². The predicted octanol–water partition coefficient (Wildman–Crippen LogP) is 6.35. The van der Waals surface area contributed by atoms with Crippen LogP contribution in [0, 0.1) is 5.92 Å². The van der Waals surface area contributed by atoms with Crippen molar-refractivity contribution in [1.82, 2.24) is 0 Å². The smallest absolute Gasteiger partial charge is 0.0626 e. The van der Waals surface area contributed by atoms with Gasteiger partial charge in [-0.3, -0.25) is 0 Å². The van der Waals surface area contributed by atoms with Crippen LogP contribution in [0.2, 0.25) is 0 Å². The van der Waals surface area contributed by atoms with Crippen LogP contribution in [-0.2, 0) is 11.2 Å². The summed E-state index contributed by atoms with van der Waals surface area (Å²) in [6.45, 7) is 11.9. The molecular weight excluding hydrogens is 288 g/mol. The van der Waals surface area contributed by atoms with Crippen molar-refractivity contribution in [2.45, 2.75) is 77.2 Å². The first-order chi connectivity index (χ1) is 10.5. The number of rotatable bonds is 11. The molecule has 0 amide bonds. The highest BCUT2D eigenvalue weighted by Crippen LogP contribution is 2.24. The minimum atomic E-state index is 0.0459. The second-order valence-electron chi connectivity index (χ2n) is 6.82. The van der Waals surface area contributed by atoms with E-state index in [0.29, 0.717) is 0 Å². The minimum Gasteiger partial charge on any atom is -0.376 e. The molecule has 1 atom stereocenters. The summed E-state index contributed by atoms with van der Waals surface area (Å²) in [6.07, 6.45) is 6.17. The predicted molar refractivity (Wildman–Crippen MR) is 99.9 cm³/mol. The lowest BCUT2D eigenvalue weighted by molar-refractivity contribution is -0.0182. The molecule has 1 unspecified atom stereocenters. The van der Waals surface area contributed by atoms with Crippen molar-refractivity contribution in [1.29, 1.82) is 0 Å². The van der Waals surface area contributed by atoms with Crippen LogP contribution in [0.4, 0.5) is 0 Å². The van der Waals surface area contributed by atoms with Gasteiger partial charge in [-0.15, -0.1) is 11.8 Å². The van der Waals surface area contributed by atoms with Gasteiger partial charge in [-0.1, -0.05) is 38.8 Å². The van der Waals surface area contributed by atoms with Crippen molar-refractivity contribution < 1.29 is 4.74 Å². The molecule has 22 heavy (non-hydrogen) atoms. The summed E-state index contributed by atoms with van der Waals surface area (Å²) in [6, 6.07) is 9.03. The van der Waals surface area contributed by atoms with Gasteiger partial charge in [0.05, 0.1) is 5.60 Å². The molecule has 1 aromatic carbocycles. The molecule has 0 saturated carbocycles. The van der Waals surface area contributed by atoms with E-state index in [9.17, 15) is 0 Å². The normalized spacial score (nSPS) is 13.3. The number of hydrogen-bond donors (Lipinski definition) is 0. The Morgan fingerprint density at radius 2 is 1.77 bits per heavy atom. The first-order valence-electron chi connectivity index (χ1n) is 8.82. The van der Waals surface area contributed by atoms with Crippen molar-refractivity contribution in [2.75, 3.05) is 12.4 Å². The van der Waals surface area contributed by atoms with E-state index in [1.165, 1.54) is 35.5 Å². The average molecular weight is 323 g/mol. The van der Waals surface area contributed by atoms with E-state index in [2.05, 4.69) is 58.9 Å². The molecular formula is C20H34OS. The number of benzene rings is 1. The maximum atomic E-state index is 5.76. The third-order valence-electron chi connectivity index (χ3n) is 4.22. The monoisotopic (exact) mass is 322 g/mol. The molecule has 0 aliphatic rings. The lowest BCUT2D eigenvalue weighted by Crippen LogP contribution is -2.24. The molecule has 1 rings (SSSR count). The van der Waals surface area contributed by atoms with Crippen LogP contribution in [0.15, 0.2) is 29.2 Å². The summed E-state index contributed by atoms with van der Waals surface area (Å²) in [5, 5.41) is 0. The standard InChI is InChI=1S/C20H34OS/c1-6-18-10-12-19(13-11-18)22-16-14-17(3)9-8-15-20(4,5)21-7-2/h10-13,17H,6-9,14-16H2,1-5H3. The second-order valence-corrected chi connectivity index (χ2v) is 7.99. The topological polar surface area (TPSA) is 9.23 Å². The SMILES string of the molecule is CCOC(C)(C)CCCC(C)CCSc1ccc(CC)cc1. The fourth-order valence-electron chi connectivity index (χ4n) is 2.68. The van der Waals surface area contributed by atoms with Crippen LogP contribution >= 0.6 is 11.8 Å². The Kier molecular flexibility index (Phi) is 9.19. The highest BCUT2D eigenvalue weighted by molar-refractivity contribution is 7.99. The molecule has 0 N–H and O–H groups in total. The lowest BCUT2D eigenvalue weighted by atomic mass is 9.95.